The molecule has 1 saturated heterocycles. The topological polar surface area (TPSA) is 6.48 Å². The average Bonchev–Trinajstić information content (AvgIpc) is 1.78. The van der Waals surface area contributed by atoms with Crippen LogP contribution in [-0.4, -0.2) is 56.8 Å². The van der Waals surface area contributed by atoms with Crippen LogP contribution < -0.4 is 0 Å². The molecule has 14 heavy (non-hydrogen) atoms. The third kappa shape index (κ3) is 2.85. The Balaban J connectivity index is 2.76. The molecule has 2 radical (unpaired) electrons. The van der Waals surface area contributed by atoms with Gasteiger partial charge in [-0.3, -0.25) is 0 Å². The fourth-order valence-corrected chi connectivity index (χ4v) is 84.6. The molecule has 82 valence electrons. The van der Waals surface area contributed by atoms with Crippen LogP contribution >= 0.6 is 17.8 Å². The maximum absolute atomic E-state index is 6.63. The molecule has 0 atom stereocenters. The number of nitrogens with zero attached hydrogens (tertiary/aromatic N) is 2. The van der Waals surface area contributed by atoms with Crippen LogP contribution in [0.4, 0.5) is 0 Å². The SMILES string of the molecule is C[Si](C)(C)[N]1[Sn]([Cl])[N]([Si](C)(C)C)[Sn]1[Cl]. The van der Waals surface area contributed by atoms with Crippen LogP contribution in [0.5, 0.6) is 0 Å². The average molecular weight is 483 g/mol. The molecule has 0 unspecified atom stereocenters. The van der Waals surface area contributed by atoms with Crippen molar-refractivity contribution in [2.75, 3.05) is 0 Å². The van der Waals surface area contributed by atoms with E-state index in [1.807, 2.05) is 0 Å². The van der Waals surface area contributed by atoms with Gasteiger partial charge in [-0.1, -0.05) is 0 Å². The van der Waals surface area contributed by atoms with Crippen LogP contribution in [0.25, 0.3) is 0 Å². The molecule has 1 aliphatic rings. The molecule has 0 aromatic carbocycles. The number of halogens is 2. The van der Waals surface area contributed by atoms with E-state index in [0.717, 1.165) is 0 Å². The number of hydrogen-bond donors (Lipinski definition) is 0. The van der Waals surface area contributed by atoms with Crippen molar-refractivity contribution in [3.05, 3.63) is 0 Å². The molecular formula is C6H18Cl2N2Si2Sn2. The van der Waals surface area contributed by atoms with Crippen LogP contribution in [0.3, 0.4) is 0 Å². The molecule has 1 aliphatic heterocycles. The van der Waals surface area contributed by atoms with Crippen molar-refractivity contribution < 1.29 is 0 Å². The Hall–Kier alpha value is 2.53. The summed E-state index contributed by atoms with van der Waals surface area (Å²) in [6, 6.07) is 0. The van der Waals surface area contributed by atoms with Gasteiger partial charge in [-0.05, 0) is 0 Å². The van der Waals surface area contributed by atoms with Gasteiger partial charge in [0.25, 0.3) is 0 Å². The van der Waals surface area contributed by atoms with Crippen LogP contribution in [0.15, 0.2) is 0 Å². The van der Waals surface area contributed by atoms with Gasteiger partial charge in [-0.25, -0.2) is 0 Å². The predicted molar refractivity (Wildman–Crippen MR) is 73.6 cm³/mol. The molecule has 0 spiro atoms. The van der Waals surface area contributed by atoms with Gasteiger partial charge in [0.1, 0.15) is 0 Å². The Kier molecular flexibility index (Phi) is 4.86. The molecule has 0 aromatic rings. The van der Waals surface area contributed by atoms with E-state index in [4.69, 9.17) is 17.8 Å². The molecular weight excluding hydrogens is 465 g/mol. The molecule has 0 saturated carbocycles. The molecule has 1 fully saturated rings. The zero-order valence-electron chi connectivity index (χ0n) is 9.65. The van der Waals surface area contributed by atoms with Crippen molar-refractivity contribution in [2.45, 2.75) is 39.3 Å². The van der Waals surface area contributed by atoms with E-state index < -0.39 is 54.8 Å². The first kappa shape index (κ1) is 14.6. The fourth-order valence-electron chi connectivity index (χ4n) is 1.41. The normalized spacial score (nSPS) is 24.0. The Morgan fingerprint density at radius 1 is 0.714 bits per heavy atom. The van der Waals surface area contributed by atoms with Gasteiger partial charge >= 0.3 is 114 Å². The molecule has 1 heterocycles. The Bertz CT molecular complexity index is 199. The van der Waals surface area contributed by atoms with Gasteiger partial charge in [0.2, 0.25) is 0 Å². The fraction of sp³-hybridized carbons (Fsp3) is 1.00. The number of hydrogen-bond acceptors (Lipinski definition) is 2. The first-order chi connectivity index (χ1) is 6.07. The van der Waals surface area contributed by atoms with Crippen molar-refractivity contribution in [1.29, 1.82) is 0 Å². The summed E-state index contributed by atoms with van der Waals surface area (Å²) in [6.45, 7) is 14.3. The van der Waals surface area contributed by atoms with Crippen molar-refractivity contribution in [3.63, 3.8) is 0 Å². The van der Waals surface area contributed by atoms with Gasteiger partial charge in [0, 0.05) is 0 Å². The van der Waals surface area contributed by atoms with E-state index in [0.29, 0.717) is 0 Å². The summed E-state index contributed by atoms with van der Waals surface area (Å²) in [5.74, 6) is 0. The summed E-state index contributed by atoms with van der Waals surface area (Å²) < 4.78 is 5.33. The summed E-state index contributed by atoms with van der Waals surface area (Å²) >= 11 is -3.74. The zero-order valence-corrected chi connectivity index (χ0v) is 18.9. The maximum atomic E-state index is 6.63. The molecule has 2 nitrogen and oxygen atoms in total. The van der Waals surface area contributed by atoms with Crippen LogP contribution in [0, 0.1) is 0 Å². The predicted octanol–water partition coefficient (Wildman–Crippen LogP) is 2.72. The Labute approximate surface area is 112 Å². The van der Waals surface area contributed by atoms with Gasteiger partial charge in [-0.15, -0.1) is 0 Å². The molecule has 0 aliphatic carbocycles. The minimum absolute atomic E-state index is 1.20. The third-order valence-corrected chi connectivity index (χ3v) is 73.0. The van der Waals surface area contributed by atoms with Crippen molar-refractivity contribution in [1.82, 2.24) is 2.02 Å². The molecule has 8 heteroatoms. The van der Waals surface area contributed by atoms with E-state index in [2.05, 4.69) is 41.3 Å². The zero-order chi connectivity index (χ0) is 11.3. The van der Waals surface area contributed by atoms with E-state index in [1.165, 1.54) is 0 Å². The second-order valence-corrected chi connectivity index (χ2v) is 40.2. The quantitative estimate of drug-likeness (QED) is 0.559. The van der Waals surface area contributed by atoms with Gasteiger partial charge < -0.3 is 0 Å². The van der Waals surface area contributed by atoms with Crippen LogP contribution in [-0.2, 0) is 0 Å². The van der Waals surface area contributed by atoms with E-state index in [1.54, 1.807) is 0 Å². The van der Waals surface area contributed by atoms with Crippen LogP contribution in [0.2, 0.25) is 39.3 Å². The van der Waals surface area contributed by atoms with Crippen molar-refractivity contribution in [3.8, 4) is 0 Å². The standard InChI is InChI=1S/2C3H9NSi.2ClH.2Sn/c2*1-5(2,3)4;;;;/h2*1-3H3;2*1H;;/q;;;;2*+1/p-2. The molecule has 0 amide bonds. The summed E-state index contributed by atoms with van der Waals surface area (Å²) in [7, 11) is 10.9. The Morgan fingerprint density at radius 2 is 0.929 bits per heavy atom. The molecule has 1 rings (SSSR count). The Morgan fingerprint density at radius 3 is 1.07 bits per heavy atom. The summed E-state index contributed by atoms with van der Waals surface area (Å²) in [5, 5.41) is 0. The first-order valence-electron chi connectivity index (χ1n) is 4.72. The van der Waals surface area contributed by atoms with Gasteiger partial charge in [-0.2, -0.15) is 0 Å². The van der Waals surface area contributed by atoms with Gasteiger partial charge in [0.05, 0.1) is 0 Å². The first-order valence-corrected chi connectivity index (χ1v) is 23.9. The van der Waals surface area contributed by atoms with E-state index >= 15 is 0 Å². The number of rotatable bonds is 2. The van der Waals surface area contributed by atoms with E-state index in [9.17, 15) is 0 Å². The molecule has 0 aromatic heterocycles. The molecule has 0 bridgehead atoms. The van der Waals surface area contributed by atoms with Gasteiger partial charge in [0.15, 0.2) is 0 Å². The summed E-state index contributed by atoms with van der Waals surface area (Å²) in [4.78, 5) is 0. The summed E-state index contributed by atoms with van der Waals surface area (Å²) in [6.07, 6.45) is 0. The summed E-state index contributed by atoms with van der Waals surface area (Å²) in [5.41, 5.74) is 0. The second kappa shape index (κ2) is 4.66. The van der Waals surface area contributed by atoms with Crippen molar-refractivity contribution >= 4 is 72.7 Å². The van der Waals surface area contributed by atoms with E-state index in [-0.39, 0.29) is 0 Å². The molecule has 0 N–H and O–H groups in total. The minimum atomic E-state index is -1.87. The van der Waals surface area contributed by atoms with Crippen LogP contribution in [0.1, 0.15) is 0 Å². The van der Waals surface area contributed by atoms with Crippen molar-refractivity contribution in [2.24, 2.45) is 0 Å². The third-order valence-electron chi connectivity index (χ3n) is 2.08. The monoisotopic (exact) mass is 484 g/mol. The second-order valence-electron chi connectivity index (χ2n) is 5.55.